The lowest BCUT2D eigenvalue weighted by atomic mass is 9.92. The van der Waals surface area contributed by atoms with Crippen LogP contribution in [0, 0.1) is 17.7 Å². The van der Waals surface area contributed by atoms with Crippen LogP contribution in [0.3, 0.4) is 0 Å². The predicted octanol–water partition coefficient (Wildman–Crippen LogP) is 2.33. The van der Waals surface area contributed by atoms with Gasteiger partial charge in [-0.3, -0.25) is 25.6 Å². The molecule has 0 bridgehead atoms. The molecule has 1 aromatic heterocycles. The van der Waals surface area contributed by atoms with Crippen molar-refractivity contribution in [1.82, 2.24) is 20.5 Å². The Labute approximate surface area is 167 Å². The van der Waals surface area contributed by atoms with E-state index in [-0.39, 0.29) is 35.9 Å². The minimum absolute atomic E-state index is 0.0238. The van der Waals surface area contributed by atoms with Crippen LogP contribution in [0.5, 0.6) is 0 Å². The van der Waals surface area contributed by atoms with Crippen LogP contribution < -0.4 is 16.2 Å². The van der Waals surface area contributed by atoms with Gasteiger partial charge in [-0.25, -0.2) is 5.06 Å². The minimum atomic E-state index is -0.749. The van der Waals surface area contributed by atoms with E-state index in [0.29, 0.717) is 17.4 Å². The first kappa shape index (κ1) is 20.5. The van der Waals surface area contributed by atoms with Crippen molar-refractivity contribution >= 4 is 35.6 Å². The number of amides is 2. The average Bonchev–Trinajstić information content (AvgIpc) is 3.34. The molecule has 4 N–H and O–H groups in total. The highest BCUT2D eigenvalue weighted by Gasteiger charge is 2.28. The maximum Gasteiger partial charge on any atom is 0.243 e. The molecule has 2 amide bonds. The van der Waals surface area contributed by atoms with E-state index >= 15 is 0 Å². The van der Waals surface area contributed by atoms with Gasteiger partial charge in [0.25, 0.3) is 0 Å². The fourth-order valence-electron chi connectivity index (χ4n) is 3.42. The van der Waals surface area contributed by atoms with E-state index in [0.717, 1.165) is 38.5 Å². The first-order valence-corrected chi connectivity index (χ1v) is 9.80. The molecule has 0 aliphatic heterocycles. The van der Waals surface area contributed by atoms with Crippen LogP contribution in [0.2, 0.25) is 5.28 Å². The van der Waals surface area contributed by atoms with Gasteiger partial charge in [0, 0.05) is 6.04 Å². The van der Waals surface area contributed by atoms with Crippen molar-refractivity contribution in [1.29, 1.82) is 0 Å². The van der Waals surface area contributed by atoms with Gasteiger partial charge in [0.2, 0.25) is 23.4 Å². The van der Waals surface area contributed by atoms with E-state index in [1.807, 2.05) is 0 Å². The van der Waals surface area contributed by atoms with Crippen molar-refractivity contribution in [2.24, 2.45) is 11.8 Å². The maximum atomic E-state index is 14.5. The minimum Gasteiger partial charge on any atom is -0.365 e. The Morgan fingerprint density at radius 3 is 2.61 bits per heavy atom. The summed E-state index contributed by atoms with van der Waals surface area (Å²) in [5.74, 6) is -1.79. The van der Waals surface area contributed by atoms with Gasteiger partial charge >= 0.3 is 0 Å². The Balaban J connectivity index is 1.63. The molecule has 11 heteroatoms. The lowest BCUT2D eigenvalue weighted by Gasteiger charge is -2.22. The molecule has 1 aromatic rings. The number of carbonyl (C=O) groups is 2. The Morgan fingerprint density at radius 1 is 1.29 bits per heavy atom. The monoisotopic (exact) mass is 414 g/mol. The zero-order valence-electron chi connectivity index (χ0n) is 15.3. The van der Waals surface area contributed by atoms with Crippen LogP contribution in [0.1, 0.15) is 44.9 Å². The number of hydrogen-bond donors (Lipinski definition) is 4. The van der Waals surface area contributed by atoms with Crippen molar-refractivity contribution < 1.29 is 19.2 Å². The molecule has 2 aliphatic rings. The van der Waals surface area contributed by atoms with Crippen molar-refractivity contribution in [2.45, 2.75) is 51.0 Å². The van der Waals surface area contributed by atoms with E-state index < -0.39 is 17.6 Å². The molecule has 2 aliphatic carbocycles. The van der Waals surface area contributed by atoms with Crippen molar-refractivity contribution in [3.8, 4) is 0 Å². The first-order valence-electron chi connectivity index (χ1n) is 9.42. The normalized spacial score (nSPS) is 17.8. The third kappa shape index (κ3) is 5.65. The van der Waals surface area contributed by atoms with Crippen LogP contribution in [0.4, 0.5) is 16.0 Å². The lowest BCUT2D eigenvalue weighted by molar-refractivity contribution is -0.154. The van der Waals surface area contributed by atoms with Gasteiger partial charge in [0.05, 0.1) is 12.5 Å². The second-order valence-corrected chi connectivity index (χ2v) is 7.69. The first-order chi connectivity index (χ1) is 13.5. The number of nitrogens with one attached hydrogen (secondary N) is 3. The number of rotatable bonds is 10. The van der Waals surface area contributed by atoms with E-state index in [2.05, 4.69) is 26.1 Å². The average molecular weight is 415 g/mol. The fraction of sp³-hybridized carbons (Fsp3) is 0.647. The Kier molecular flexibility index (Phi) is 6.84. The number of aromatic nitrogens is 2. The number of nitrogens with zero attached hydrogens (tertiary/aromatic N) is 3. The predicted molar refractivity (Wildman–Crippen MR) is 100 cm³/mol. The molecule has 0 aromatic carbocycles. The Bertz CT molecular complexity index is 714. The zero-order chi connectivity index (χ0) is 20.1. The van der Waals surface area contributed by atoms with Gasteiger partial charge in [-0.15, -0.1) is 0 Å². The van der Waals surface area contributed by atoms with Gasteiger partial charge in [0.15, 0.2) is 11.6 Å². The topological polar surface area (TPSA) is 119 Å². The molecule has 2 saturated carbocycles. The number of hydroxylamine groups is 2. The SMILES string of the molecule is O=CN(O)C[C@H](CC1CCCC1)C(=O)NNc1nc(Cl)nc(NC2CC2)c1F. The number of hydrogen-bond acceptors (Lipinski definition) is 7. The summed E-state index contributed by atoms with van der Waals surface area (Å²) in [5.41, 5.74) is 4.85. The highest BCUT2D eigenvalue weighted by molar-refractivity contribution is 6.28. The molecule has 3 rings (SSSR count). The smallest absolute Gasteiger partial charge is 0.243 e. The molecule has 1 atom stereocenters. The standard InChI is InChI=1S/C17H24ClFN6O3/c18-17-21-14(20-12-5-6-12)13(19)15(22-17)23-24-16(27)11(8-25(28)9-26)7-10-3-1-2-4-10/h9-12,28H,1-8H2,(H,24,27)(H2,20,21,22,23)/t11-/m0/s1. The highest BCUT2D eigenvalue weighted by Crippen LogP contribution is 2.31. The van der Waals surface area contributed by atoms with Crippen LogP contribution in [0.25, 0.3) is 0 Å². The van der Waals surface area contributed by atoms with Crippen molar-refractivity contribution in [2.75, 3.05) is 17.3 Å². The summed E-state index contributed by atoms with van der Waals surface area (Å²) in [6.07, 6.45) is 6.87. The second kappa shape index (κ2) is 9.33. The summed E-state index contributed by atoms with van der Waals surface area (Å²) in [7, 11) is 0. The number of anilines is 2. The Morgan fingerprint density at radius 2 is 1.96 bits per heavy atom. The molecule has 154 valence electrons. The quantitative estimate of drug-likeness (QED) is 0.201. The fourth-order valence-corrected chi connectivity index (χ4v) is 3.59. The highest BCUT2D eigenvalue weighted by atomic mass is 35.5. The van der Waals surface area contributed by atoms with E-state index in [1.165, 1.54) is 0 Å². The van der Waals surface area contributed by atoms with Crippen LogP contribution in [-0.4, -0.2) is 45.1 Å². The summed E-state index contributed by atoms with van der Waals surface area (Å²) in [5, 5.41) is 12.7. The lowest BCUT2D eigenvalue weighted by Crippen LogP contribution is -2.41. The summed E-state index contributed by atoms with van der Waals surface area (Å²) < 4.78 is 14.5. The largest absolute Gasteiger partial charge is 0.365 e. The number of hydrazine groups is 1. The molecular formula is C17H24ClFN6O3. The van der Waals surface area contributed by atoms with Crippen LogP contribution in [0.15, 0.2) is 0 Å². The summed E-state index contributed by atoms with van der Waals surface area (Å²) in [6, 6.07) is 0.164. The Hall–Kier alpha value is -2.20. The molecule has 9 nitrogen and oxygen atoms in total. The molecule has 0 spiro atoms. The van der Waals surface area contributed by atoms with Gasteiger partial charge in [-0.1, -0.05) is 25.7 Å². The van der Waals surface area contributed by atoms with Gasteiger partial charge in [-0.05, 0) is 36.8 Å². The van der Waals surface area contributed by atoms with Gasteiger partial charge in [-0.2, -0.15) is 14.4 Å². The molecule has 2 fully saturated rings. The molecule has 28 heavy (non-hydrogen) atoms. The number of halogens is 2. The van der Waals surface area contributed by atoms with Gasteiger partial charge < -0.3 is 5.32 Å². The zero-order valence-corrected chi connectivity index (χ0v) is 16.1. The summed E-state index contributed by atoms with van der Waals surface area (Å²) in [4.78, 5) is 30.9. The molecule has 0 radical (unpaired) electrons. The molecule has 0 unspecified atom stereocenters. The second-order valence-electron chi connectivity index (χ2n) is 7.35. The number of carbonyl (C=O) groups excluding carboxylic acids is 2. The van der Waals surface area contributed by atoms with Gasteiger partial charge in [0.1, 0.15) is 0 Å². The summed E-state index contributed by atoms with van der Waals surface area (Å²) in [6.45, 7) is -0.144. The van der Waals surface area contributed by atoms with Crippen LogP contribution in [-0.2, 0) is 9.59 Å². The van der Waals surface area contributed by atoms with E-state index in [4.69, 9.17) is 11.6 Å². The maximum absolute atomic E-state index is 14.5. The van der Waals surface area contributed by atoms with E-state index in [9.17, 15) is 19.2 Å². The van der Waals surface area contributed by atoms with E-state index in [1.54, 1.807) is 0 Å². The molecule has 1 heterocycles. The molecule has 0 saturated heterocycles. The van der Waals surface area contributed by atoms with Crippen LogP contribution >= 0.6 is 11.6 Å². The van der Waals surface area contributed by atoms with Crippen molar-refractivity contribution in [3.63, 3.8) is 0 Å². The third-order valence-electron chi connectivity index (χ3n) is 5.04. The third-order valence-corrected chi connectivity index (χ3v) is 5.21. The summed E-state index contributed by atoms with van der Waals surface area (Å²) >= 11 is 5.84. The molecular weight excluding hydrogens is 391 g/mol. The van der Waals surface area contributed by atoms with Crippen molar-refractivity contribution in [3.05, 3.63) is 11.1 Å².